The summed E-state index contributed by atoms with van der Waals surface area (Å²) in [6.07, 6.45) is 8.28. The molecule has 3 N–H and O–H groups in total. The Morgan fingerprint density at radius 3 is 2.59 bits per heavy atom. The third-order valence-electron chi connectivity index (χ3n) is 5.73. The molecule has 1 aromatic rings. The van der Waals surface area contributed by atoms with Gasteiger partial charge in [0.25, 0.3) is 0 Å². The summed E-state index contributed by atoms with van der Waals surface area (Å²) in [5.41, 5.74) is 0.640. The lowest BCUT2D eigenvalue weighted by Crippen LogP contribution is -2.43. The van der Waals surface area contributed by atoms with Gasteiger partial charge in [-0.15, -0.1) is 0 Å². The molecule has 0 saturated heterocycles. The molecule has 148 valence electrons. The number of carbonyl (C=O) groups excluding carboxylic acids is 1. The molecule has 0 unspecified atom stereocenters. The number of amides is 1. The minimum atomic E-state index is -0.140. The van der Waals surface area contributed by atoms with Gasteiger partial charge in [0.05, 0.1) is 0 Å². The zero-order valence-electron chi connectivity index (χ0n) is 16.2. The Hall–Kier alpha value is -2.11. The molecular formula is C21H31FN4O. The third-order valence-corrected chi connectivity index (χ3v) is 5.73. The Morgan fingerprint density at radius 1 is 1.19 bits per heavy atom. The van der Waals surface area contributed by atoms with Crippen molar-refractivity contribution in [3.63, 3.8) is 0 Å². The molecule has 2 fully saturated rings. The summed E-state index contributed by atoms with van der Waals surface area (Å²) in [6.45, 7) is 1.17. The van der Waals surface area contributed by atoms with Crippen molar-refractivity contribution in [2.24, 2.45) is 4.99 Å². The second kappa shape index (κ2) is 9.20. The highest BCUT2D eigenvalue weighted by Crippen LogP contribution is 2.48. The monoisotopic (exact) mass is 374 g/mol. The number of guanidine groups is 1. The summed E-state index contributed by atoms with van der Waals surface area (Å²) in [4.78, 5) is 16.3. The van der Waals surface area contributed by atoms with Gasteiger partial charge in [0, 0.05) is 38.0 Å². The number of hydrogen-bond acceptors (Lipinski definition) is 2. The second-order valence-corrected chi connectivity index (χ2v) is 7.77. The van der Waals surface area contributed by atoms with E-state index < -0.39 is 0 Å². The first kappa shape index (κ1) is 19.6. The van der Waals surface area contributed by atoms with Crippen LogP contribution < -0.4 is 16.0 Å². The van der Waals surface area contributed by atoms with Crippen molar-refractivity contribution in [2.75, 3.05) is 20.1 Å². The minimum absolute atomic E-state index is 0.0925. The minimum Gasteiger partial charge on any atom is -0.356 e. The fraction of sp³-hybridized carbons (Fsp3) is 0.619. The SMILES string of the molecule is CN=C(NCCC(=O)NC1CCCCC1)NCC1(c2ccccc2F)CC1. The maximum Gasteiger partial charge on any atom is 0.221 e. The van der Waals surface area contributed by atoms with E-state index in [0.29, 0.717) is 31.5 Å². The van der Waals surface area contributed by atoms with E-state index in [2.05, 4.69) is 20.9 Å². The van der Waals surface area contributed by atoms with Gasteiger partial charge in [-0.25, -0.2) is 4.39 Å². The molecule has 27 heavy (non-hydrogen) atoms. The molecule has 1 amide bonds. The summed E-state index contributed by atoms with van der Waals surface area (Å²) in [5, 5.41) is 9.61. The van der Waals surface area contributed by atoms with E-state index in [1.165, 1.54) is 25.3 Å². The lowest BCUT2D eigenvalue weighted by Gasteiger charge is -2.23. The normalized spacial score (nSPS) is 19.4. The van der Waals surface area contributed by atoms with E-state index in [1.807, 2.05) is 12.1 Å². The number of benzene rings is 1. The van der Waals surface area contributed by atoms with Crippen molar-refractivity contribution in [2.45, 2.75) is 62.8 Å². The van der Waals surface area contributed by atoms with Gasteiger partial charge in [-0.2, -0.15) is 0 Å². The van der Waals surface area contributed by atoms with Crippen LogP contribution in [-0.2, 0) is 10.2 Å². The topological polar surface area (TPSA) is 65.5 Å². The number of halogens is 1. The molecule has 0 heterocycles. The Bertz CT molecular complexity index is 666. The maximum atomic E-state index is 14.1. The largest absolute Gasteiger partial charge is 0.356 e. The molecule has 3 rings (SSSR count). The molecule has 1 aromatic carbocycles. The average Bonchev–Trinajstić information content (AvgIpc) is 3.46. The number of nitrogens with one attached hydrogen (secondary N) is 3. The van der Waals surface area contributed by atoms with Crippen LogP contribution in [0.2, 0.25) is 0 Å². The fourth-order valence-electron chi connectivity index (χ4n) is 3.90. The highest BCUT2D eigenvalue weighted by molar-refractivity contribution is 5.81. The van der Waals surface area contributed by atoms with Gasteiger partial charge in [-0.1, -0.05) is 37.5 Å². The molecule has 0 aromatic heterocycles. The highest BCUT2D eigenvalue weighted by atomic mass is 19.1. The van der Waals surface area contributed by atoms with Gasteiger partial charge in [0.15, 0.2) is 5.96 Å². The van der Waals surface area contributed by atoms with Gasteiger partial charge in [0.2, 0.25) is 5.91 Å². The highest BCUT2D eigenvalue weighted by Gasteiger charge is 2.45. The number of nitrogens with zero attached hydrogens (tertiary/aromatic N) is 1. The molecule has 0 atom stereocenters. The average molecular weight is 375 g/mol. The van der Waals surface area contributed by atoms with Crippen LogP contribution in [0.1, 0.15) is 56.9 Å². The van der Waals surface area contributed by atoms with Crippen LogP contribution in [0, 0.1) is 5.82 Å². The van der Waals surface area contributed by atoms with E-state index >= 15 is 0 Å². The number of rotatable bonds is 7. The number of aliphatic imine (C=N–C) groups is 1. The molecule has 2 aliphatic rings. The van der Waals surface area contributed by atoms with Crippen molar-refractivity contribution in [3.8, 4) is 0 Å². The van der Waals surface area contributed by atoms with Crippen LogP contribution in [-0.4, -0.2) is 38.0 Å². The van der Waals surface area contributed by atoms with Crippen LogP contribution in [0.5, 0.6) is 0 Å². The van der Waals surface area contributed by atoms with E-state index in [0.717, 1.165) is 31.2 Å². The van der Waals surface area contributed by atoms with Crippen LogP contribution in [0.15, 0.2) is 29.3 Å². The van der Waals surface area contributed by atoms with Crippen LogP contribution in [0.4, 0.5) is 4.39 Å². The molecule has 2 saturated carbocycles. The van der Waals surface area contributed by atoms with Crippen molar-refractivity contribution in [3.05, 3.63) is 35.6 Å². The van der Waals surface area contributed by atoms with E-state index in [4.69, 9.17) is 0 Å². The van der Waals surface area contributed by atoms with Gasteiger partial charge in [-0.05, 0) is 37.3 Å². The predicted molar refractivity (Wildman–Crippen MR) is 106 cm³/mol. The second-order valence-electron chi connectivity index (χ2n) is 7.77. The Labute approximate surface area is 161 Å². The molecule has 2 aliphatic carbocycles. The van der Waals surface area contributed by atoms with Gasteiger partial charge in [0.1, 0.15) is 5.82 Å². The standard InChI is InChI=1S/C21H31FN4O/c1-23-20(24-14-11-19(27)26-16-7-3-2-4-8-16)25-15-21(12-13-21)17-9-5-6-10-18(17)22/h5-6,9-10,16H,2-4,7-8,11-15H2,1H3,(H,26,27)(H2,23,24,25). The Morgan fingerprint density at radius 2 is 1.93 bits per heavy atom. The van der Waals surface area contributed by atoms with Crippen LogP contribution >= 0.6 is 0 Å². The molecule has 0 aliphatic heterocycles. The first-order chi connectivity index (χ1) is 13.1. The molecule has 6 heteroatoms. The Kier molecular flexibility index (Phi) is 6.69. The molecule has 0 radical (unpaired) electrons. The van der Waals surface area contributed by atoms with Gasteiger partial charge >= 0.3 is 0 Å². The first-order valence-corrected chi connectivity index (χ1v) is 10.1. The van der Waals surface area contributed by atoms with Gasteiger partial charge in [-0.3, -0.25) is 9.79 Å². The van der Waals surface area contributed by atoms with Crippen LogP contribution in [0.3, 0.4) is 0 Å². The number of hydrogen-bond donors (Lipinski definition) is 3. The van der Waals surface area contributed by atoms with Crippen molar-refractivity contribution in [1.29, 1.82) is 0 Å². The van der Waals surface area contributed by atoms with E-state index in [-0.39, 0.29) is 17.1 Å². The predicted octanol–water partition coefficient (Wildman–Crippen LogP) is 2.86. The maximum absolute atomic E-state index is 14.1. The smallest absolute Gasteiger partial charge is 0.221 e. The molecule has 0 bridgehead atoms. The van der Waals surface area contributed by atoms with Crippen LogP contribution in [0.25, 0.3) is 0 Å². The number of carbonyl (C=O) groups is 1. The molecule has 5 nitrogen and oxygen atoms in total. The lowest BCUT2D eigenvalue weighted by atomic mass is 9.95. The Balaban J connectivity index is 1.39. The summed E-state index contributed by atoms with van der Waals surface area (Å²) in [5.74, 6) is 0.608. The first-order valence-electron chi connectivity index (χ1n) is 10.1. The van der Waals surface area contributed by atoms with Crippen molar-refractivity contribution >= 4 is 11.9 Å². The van der Waals surface area contributed by atoms with Crippen molar-refractivity contribution in [1.82, 2.24) is 16.0 Å². The quantitative estimate of drug-likeness (QED) is 0.508. The molecular weight excluding hydrogens is 343 g/mol. The van der Waals surface area contributed by atoms with E-state index in [1.54, 1.807) is 13.1 Å². The summed E-state index contributed by atoms with van der Waals surface area (Å²) in [6, 6.07) is 7.35. The summed E-state index contributed by atoms with van der Waals surface area (Å²) in [7, 11) is 1.71. The zero-order valence-corrected chi connectivity index (χ0v) is 16.2. The van der Waals surface area contributed by atoms with Gasteiger partial charge < -0.3 is 16.0 Å². The van der Waals surface area contributed by atoms with E-state index in [9.17, 15) is 9.18 Å². The lowest BCUT2D eigenvalue weighted by molar-refractivity contribution is -0.121. The van der Waals surface area contributed by atoms with Crippen molar-refractivity contribution < 1.29 is 9.18 Å². The molecule has 0 spiro atoms. The zero-order chi connectivity index (χ0) is 19.1. The third kappa shape index (κ3) is 5.44. The fourth-order valence-corrected chi connectivity index (χ4v) is 3.90. The summed E-state index contributed by atoms with van der Waals surface area (Å²) < 4.78 is 14.1. The summed E-state index contributed by atoms with van der Waals surface area (Å²) >= 11 is 0.